The molecule has 0 unspecified atom stereocenters. The zero-order chi connectivity index (χ0) is 26.2. The molecule has 0 saturated carbocycles. The van der Waals surface area contributed by atoms with E-state index in [1.165, 1.54) is 0 Å². The highest BCUT2D eigenvalue weighted by atomic mass is 35.5. The number of pyridine rings is 1. The molecule has 2 saturated heterocycles. The Morgan fingerprint density at radius 2 is 1.68 bits per heavy atom. The summed E-state index contributed by atoms with van der Waals surface area (Å²) in [6, 6.07) is 13.7. The number of rotatable bonds is 2. The van der Waals surface area contributed by atoms with Gasteiger partial charge in [0.2, 0.25) is 0 Å². The Balaban J connectivity index is 1.29. The smallest absolute Gasteiger partial charge is 0.410 e. The first-order valence-corrected chi connectivity index (χ1v) is 13.3. The fourth-order valence-electron chi connectivity index (χ4n) is 5.56. The van der Waals surface area contributed by atoms with Crippen molar-refractivity contribution in [2.75, 3.05) is 31.1 Å². The Bertz CT molecular complexity index is 1340. The molecular weight excluding hydrogens is 484 g/mol. The lowest BCUT2D eigenvalue weighted by atomic mass is 9.71. The third kappa shape index (κ3) is 5.24. The molecule has 1 aromatic heterocycles. The summed E-state index contributed by atoms with van der Waals surface area (Å²) in [6.45, 7) is 16.3. The Kier molecular flexibility index (Phi) is 6.76. The second-order valence-corrected chi connectivity index (χ2v) is 11.7. The van der Waals surface area contributed by atoms with Gasteiger partial charge in [0.05, 0.1) is 29.0 Å². The molecule has 0 aliphatic carbocycles. The van der Waals surface area contributed by atoms with Crippen LogP contribution in [0.3, 0.4) is 0 Å². The Labute approximate surface area is 224 Å². The largest absolute Gasteiger partial charge is 0.444 e. The number of nitrogens with zero attached hydrogens (tertiary/aromatic N) is 4. The number of ether oxygens (including phenoxy) is 1. The maximum Gasteiger partial charge on any atom is 0.410 e. The lowest BCUT2D eigenvalue weighted by Crippen LogP contribution is -2.49. The Hall–Kier alpha value is -3.30. The number of para-hydroxylation sites is 1. The van der Waals surface area contributed by atoms with Gasteiger partial charge in [-0.3, -0.25) is 4.98 Å². The van der Waals surface area contributed by atoms with E-state index in [1.54, 1.807) is 0 Å². The summed E-state index contributed by atoms with van der Waals surface area (Å²) in [6.07, 6.45) is 5.90. The maximum atomic E-state index is 12.5. The molecule has 192 valence electrons. The average molecular weight is 517 g/mol. The highest BCUT2D eigenvalue weighted by molar-refractivity contribution is 6.38. The standard InChI is InChI=1S/C30H33ClN4O2/c1-29(2,3)37-28(36)35-18-14-30(15-19-35)12-16-34(17-13-30)25-20-33-27-23(6-5-7-24(27)26(25)31)21-8-10-22(32-4)11-9-21/h5-11,20H,12-19H2,1-3H3. The van der Waals surface area contributed by atoms with E-state index in [0.717, 1.165) is 84.6 Å². The summed E-state index contributed by atoms with van der Waals surface area (Å²) >= 11 is 6.99. The summed E-state index contributed by atoms with van der Waals surface area (Å²) in [4.78, 5) is 25.0. The third-order valence-electron chi connectivity index (χ3n) is 7.76. The predicted octanol–water partition coefficient (Wildman–Crippen LogP) is 7.72. The van der Waals surface area contributed by atoms with Crippen LogP contribution in [0.15, 0.2) is 48.7 Å². The number of piperidine rings is 2. The van der Waals surface area contributed by atoms with Crippen LogP contribution in [0.5, 0.6) is 0 Å². The number of hydrogen-bond donors (Lipinski definition) is 0. The molecule has 5 rings (SSSR count). The van der Waals surface area contributed by atoms with Crippen LogP contribution in [0, 0.1) is 12.0 Å². The minimum Gasteiger partial charge on any atom is -0.444 e. The van der Waals surface area contributed by atoms with Gasteiger partial charge in [-0.05, 0) is 57.4 Å². The van der Waals surface area contributed by atoms with Crippen LogP contribution >= 0.6 is 11.6 Å². The SMILES string of the molecule is [C-]#[N+]c1ccc(-c2cccc3c(Cl)c(N4CCC5(CCN(C(=O)OC(C)(C)C)CC5)CC4)cnc23)cc1. The van der Waals surface area contributed by atoms with E-state index < -0.39 is 5.60 Å². The monoisotopic (exact) mass is 516 g/mol. The highest BCUT2D eigenvalue weighted by Crippen LogP contribution is 2.44. The van der Waals surface area contributed by atoms with Gasteiger partial charge in [0.15, 0.2) is 5.69 Å². The number of amides is 1. The number of carbonyl (C=O) groups is 1. The van der Waals surface area contributed by atoms with Crippen molar-refractivity contribution >= 4 is 40.0 Å². The summed E-state index contributed by atoms with van der Waals surface area (Å²) < 4.78 is 5.57. The fraction of sp³-hybridized carbons (Fsp3) is 0.433. The van der Waals surface area contributed by atoms with Crippen molar-refractivity contribution in [3.8, 4) is 11.1 Å². The van der Waals surface area contributed by atoms with E-state index in [4.69, 9.17) is 27.9 Å². The Morgan fingerprint density at radius 3 is 2.30 bits per heavy atom. The van der Waals surface area contributed by atoms with Crippen molar-refractivity contribution in [1.82, 2.24) is 9.88 Å². The molecule has 1 spiro atoms. The van der Waals surface area contributed by atoms with Crippen LogP contribution in [-0.4, -0.2) is 47.8 Å². The summed E-state index contributed by atoms with van der Waals surface area (Å²) in [5.41, 5.74) is 4.32. The van der Waals surface area contributed by atoms with E-state index >= 15 is 0 Å². The van der Waals surface area contributed by atoms with Gasteiger partial charge in [0, 0.05) is 37.1 Å². The average Bonchev–Trinajstić information content (AvgIpc) is 2.89. The van der Waals surface area contributed by atoms with Crippen LogP contribution in [0.4, 0.5) is 16.2 Å². The van der Waals surface area contributed by atoms with E-state index in [0.29, 0.717) is 5.69 Å². The number of anilines is 1. The van der Waals surface area contributed by atoms with Gasteiger partial charge in [0.25, 0.3) is 0 Å². The number of fused-ring (bicyclic) bond motifs is 1. The molecule has 3 aromatic rings. The van der Waals surface area contributed by atoms with Gasteiger partial charge in [-0.1, -0.05) is 54.1 Å². The molecular formula is C30H33ClN4O2. The van der Waals surface area contributed by atoms with Crippen molar-refractivity contribution in [2.24, 2.45) is 5.41 Å². The van der Waals surface area contributed by atoms with Gasteiger partial charge in [0.1, 0.15) is 5.60 Å². The number of carbonyl (C=O) groups excluding carboxylic acids is 1. The lowest BCUT2D eigenvalue weighted by molar-refractivity contribution is 0.00666. The minimum atomic E-state index is -0.464. The molecule has 7 heteroatoms. The van der Waals surface area contributed by atoms with Crippen LogP contribution < -0.4 is 4.90 Å². The van der Waals surface area contributed by atoms with Crippen LogP contribution in [0.1, 0.15) is 46.5 Å². The molecule has 2 fully saturated rings. The van der Waals surface area contributed by atoms with Crippen molar-refractivity contribution in [3.63, 3.8) is 0 Å². The van der Waals surface area contributed by atoms with E-state index in [1.807, 2.05) is 74.3 Å². The molecule has 2 aliphatic heterocycles. The molecule has 6 nitrogen and oxygen atoms in total. The van der Waals surface area contributed by atoms with Gasteiger partial charge >= 0.3 is 6.09 Å². The molecule has 2 aromatic carbocycles. The predicted molar refractivity (Wildman–Crippen MR) is 149 cm³/mol. The quantitative estimate of drug-likeness (QED) is 0.327. The fourth-order valence-corrected chi connectivity index (χ4v) is 5.88. The summed E-state index contributed by atoms with van der Waals surface area (Å²) in [5, 5.41) is 1.68. The van der Waals surface area contributed by atoms with E-state index in [9.17, 15) is 4.79 Å². The van der Waals surface area contributed by atoms with E-state index in [-0.39, 0.29) is 11.5 Å². The number of benzene rings is 2. The van der Waals surface area contributed by atoms with E-state index in [2.05, 4.69) is 9.74 Å². The molecule has 37 heavy (non-hydrogen) atoms. The first-order valence-electron chi connectivity index (χ1n) is 13.0. The van der Waals surface area contributed by atoms with Crippen molar-refractivity contribution in [3.05, 3.63) is 65.1 Å². The lowest BCUT2D eigenvalue weighted by Gasteiger charge is -2.47. The van der Waals surface area contributed by atoms with Crippen LogP contribution in [0.2, 0.25) is 5.02 Å². The highest BCUT2D eigenvalue weighted by Gasteiger charge is 2.39. The van der Waals surface area contributed by atoms with Crippen molar-refractivity contribution < 1.29 is 9.53 Å². The minimum absolute atomic E-state index is 0.199. The van der Waals surface area contributed by atoms with Gasteiger partial charge in [-0.15, -0.1) is 0 Å². The second-order valence-electron chi connectivity index (χ2n) is 11.3. The number of hydrogen-bond acceptors (Lipinski definition) is 4. The molecule has 3 heterocycles. The normalized spacial score (nSPS) is 17.6. The first kappa shape index (κ1) is 25.4. The van der Waals surface area contributed by atoms with Crippen LogP contribution in [0.25, 0.3) is 26.9 Å². The third-order valence-corrected chi connectivity index (χ3v) is 8.16. The Morgan fingerprint density at radius 1 is 1.03 bits per heavy atom. The molecule has 0 N–H and O–H groups in total. The topological polar surface area (TPSA) is 50.0 Å². The van der Waals surface area contributed by atoms with Gasteiger partial charge in [-0.2, -0.15) is 0 Å². The summed E-state index contributed by atoms with van der Waals surface area (Å²) in [5.74, 6) is 0. The molecule has 2 aliphatic rings. The van der Waals surface area contributed by atoms with Gasteiger partial charge in [-0.25, -0.2) is 9.64 Å². The number of aromatic nitrogens is 1. The number of likely N-dealkylation sites (tertiary alicyclic amines) is 1. The molecule has 0 radical (unpaired) electrons. The molecule has 1 amide bonds. The molecule has 0 bridgehead atoms. The zero-order valence-corrected chi connectivity index (χ0v) is 22.5. The first-order chi connectivity index (χ1) is 17.7. The van der Waals surface area contributed by atoms with Crippen LogP contribution in [-0.2, 0) is 4.74 Å². The summed E-state index contributed by atoms with van der Waals surface area (Å²) in [7, 11) is 0. The number of halogens is 1. The van der Waals surface area contributed by atoms with Crippen molar-refractivity contribution in [1.29, 1.82) is 0 Å². The van der Waals surface area contributed by atoms with Gasteiger partial charge < -0.3 is 14.5 Å². The molecule has 0 atom stereocenters. The zero-order valence-electron chi connectivity index (χ0n) is 21.8. The maximum absolute atomic E-state index is 12.5. The second kappa shape index (κ2) is 9.87. The van der Waals surface area contributed by atoms with Crippen molar-refractivity contribution in [2.45, 2.75) is 52.1 Å².